The molecule has 0 aliphatic rings. The number of halogens is 1. The molecule has 1 aromatic heterocycles. The number of hydrogen-bond donors (Lipinski definition) is 3. The number of unbranched alkanes of at least 4 members (excludes halogenated alkanes) is 3. The Morgan fingerprint density at radius 1 is 1.17 bits per heavy atom. The van der Waals surface area contributed by atoms with Crippen molar-refractivity contribution in [2.24, 2.45) is 4.99 Å². The van der Waals surface area contributed by atoms with Crippen LogP contribution >= 0.6 is 24.0 Å². The molecular formula is C16H29IN4O2. The van der Waals surface area contributed by atoms with Crippen molar-refractivity contribution in [2.75, 3.05) is 19.6 Å². The summed E-state index contributed by atoms with van der Waals surface area (Å²) in [5.74, 6) is 1.30. The van der Waals surface area contributed by atoms with Gasteiger partial charge in [-0.1, -0.05) is 26.2 Å². The summed E-state index contributed by atoms with van der Waals surface area (Å²) in [7, 11) is 0. The minimum absolute atomic E-state index is 0. The van der Waals surface area contributed by atoms with Crippen LogP contribution in [0.15, 0.2) is 27.8 Å². The monoisotopic (exact) mass is 436 g/mol. The van der Waals surface area contributed by atoms with Crippen LogP contribution in [-0.4, -0.2) is 31.5 Å². The van der Waals surface area contributed by atoms with E-state index >= 15 is 0 Å². The maximum atomic E-state index is 11.7. The molecule has 1 rings (SSSR count). The van der Waals surface area contributed by atoms with E-state index in [1.54, 1.807) is 12.3 Å². The Morgan fingerprint density at radius 3 is 2.65 bits per heavy atom. The summed E-state index contributed by atoms with van der Waals surface area (Å²) in [4.78, 5) is 16.0. The van der Waals surface area contributed by atoms with E-state index in [1.807, 2.05) is 13.0 Å². The lowest BCUT2D eigenvalue weighted by Crippen LogP contribution is -2.38. The van der Waals surface area contributed by atoms with E-state index in [-0.39, 0.29) is 36.4 Å². The Morgan fingerprint density at radius 2 is 2.00 bits per heavy atom. The molecule has 0 atom stereocenters. The molecule has 6 nitrogen and oxygen atoms in total. The molecule has 0 unspecified atom stereocenters. The Bertz CT molecular complexity index is 435. The van der Waals surface area contributed by atoms with Crippen LogP contribution in [0.5, 0.6) is 0 Å². The first-order chi connectivity index (χ1) is 10.8. The van der Waals surface area contributed by atoms with Gasteiger partial charge in [0.1, 0.15) is 12.3 Å². The quantitative estimate of drug-likeness (QED) is 0.228. The zero-order valence-corrected chi connectivity index (χ0v) is 16.4. The Labute approximate surface area is 155 Å². The predicted octanol–water partition coefficient (Wildman–Crippen LogP) is 2.65. The summed E-state index contributed by atoms with van der Waals surface area (Å²) in [6.45, 7) is 6.34. The van der Waals surface area contributed by atoms with E-state index in [1.165, 1.54) is 19.3 Å². The summed E-state index contributed by atoms with van der Waals surface area (Å²) in [6.07, 6.45) is 6.40. The topological polar surface area (TPSA) is 78.7 Å². The van der Waals surface area contributed by atoms with Crippen molar-refractivity contribution in [2.45, 2.75) is 46.1 Å². The number of guanidine groups is 1. The molecule has 0 aliphatic heterocycles. The van der Waals surface area contributed by atoms with Gasteiger partial charge in [0.15, 0.2) is 5.96 Å². The van der Waals surface area contributed by atoms with Crippen LogP contribution in [0.1, 0.15) is 45.3 Å². The first-order valence-corrected chi connectivity index (χ1v) is 8.07. The van der Waals surface area contributed by atoms with E-state index in [2.05, 4.69) is 27.9 Å². The van der Waals surface area contributed by atoms with Gasteiger partial charge in [-0.3, -0.25) is 4.79 Å². The number of hydrogen-bond acceptors (Lipinski definition) is 3. The lowest BCUT2D eigenvalue weighted by Gasteiger charge is -2.11. The van der Waals surface area contributed by atoms with Crippen LogP contribution in [-0.2, 0) is 11.3 Å². The molecule has 1 heterocycles. The maximum absolute atomic E-state index is 11.7. The third-order valence-electron chi connectivity index (χ3n) is 3.09. The molecule has 1 aromatic rings. The predicted molar refractivity (Wildman–Crippen MR) is 104 cm³/mol. The summed E-state index contributed by atoms with van der Waals surface area (Å²) in [5.41, 5.74) is 0. The minimum Gasteiger partial charge on any atom is -0.467 e. The van der Waals surface area contributed by atoms with Gasteiger partial charge in [0.2, 0.25) is 5.91 Å². The zero-order chi connectivity index (χ0) is 16.0. The van der Waals surface area contributed by atoms with Crippen molar-refractivity contribution in [3.05, 3.63) is 24.2 Å². The fourth-order valence-electron chi connectivity index (χ4n) is 1.91. The number of nitrogens with zero attached hydrogens (tertiary/aromatic N) is 1. The molecule has 132 valence electrons. The van der Waals surface area contributed by atoms with Gasteiger partial charge in [0.05, 0.1) is 12.8 Å². The summed E-state index contributed by atoms with van der Waals surface area (Å²) in [6, 6.07) is 3.62. The highest BCUT2D eigenvalue weighted by Gasteiger charge is 2.03. The van der Waals surface area contributed by atoms with E-state index < -0.39 is 0 Å². The van der Waals surface area contributed by atoms with Crippen molar-refractivity contribution < 1.29 is 9.21 Å². The smallest absolute Gasteiger partial charge is 0.242 e. The van der Waals surface area contributed by atoms with Gasteiger partial charge in [-0.25, -0.2) is 4.99 Å². The zero-order valence-electron chi connectivity index (χ0n) is 14.1. The fourth-order valence-corrected chi connectivity index (χ4v) is 1.91. The van der Waals surface area contributed by atoms with E-state index in [0.717, 1.165) is 25.3 Å². The number of aliphatic imine (C=N–C) groups is 1. The van der Waals surface area contributed by atoms with Gasteiger partial charge < -0.3 is 20.4 Å². The molecule has 0 spiro atoms. The van der Waals surface area contributed by atoms with Crippen molar-refractivity contribution >= 4 is 35.8 Å². The van der Waals surface area contributed by atoms with Gasteiger partial charge in [-0.2, -0.15) is 0 Å². The van der Waals surface area contributed by atoms with Crippen molar-refractivity contribution in [1.29, 1.82) is 0 Å². The first kappa shape index (κ1) is 21.8. The normalized spacial score (nSPS) is 10.8. The molecule has 7 heteroatoms. The standard InChI is InChI=1S/C16H28N4O2.HI/c1-3-5-6-7-10-18-16(17-4-2)20-13-15(21)19-12-14-9-8-11-22-14;/h8-9,11H,3-7,10,12-13H2,1-2H3,(H,19,21)(H2,17,18,20);1H. The molecule has 3 N–H and O–H groups in total. The fraction of sp³-hybridized carbons (Fsp3) is 0.625. The van der Waals surface area contributed by atoms with Gasteiger partial charge in [0.25, 0.3) is 0 Å². The molecule has 1 amide bonds. The lowest BCUT2D eigenvalue weighted by molar-refractivity contribution is -0.119. The second kappa shape index (κ2) is 14.3. The van der Waals surface area contributed by atoms with Crippen LogP contribution < -0.4 is 16.0 Å². The second-order valence-electron chi connectivity index (χ2n) is 5.04. The molecule has 0 bridgehead atoms. The van der Waals surface area contributed by atoms with Gasteiger partial charge in [-0.05, 0) is 25.5 Å². The van der Waals surface area contributed by atoms with Crippen LogP contribution in [0.4, 0.5) is 0 Å². The Kier molecular flexibility index (Phi) is 13.6. The number of rotatable bonds is 10. The SMILES string of the molecule is CCCCCCNC(=NCC(=O)NCc1ccco1)NCC.I. The summed E-state index contributed by atoms with van der Waals surface area (Å²) < 4.78 is 5.16. The van der Waals surface area contributed by atoms with Crippen LogP contribution in [0.25, 0.3) is 0 Å². The maximum Gasteiger partial charge on any atom is 0.242 e. The summed E-state index contributed by atoms with van der Waals surface area (Å²) in [5, 5.41) is 9.16. The molecule has 0 aromatic carbocycles. The minimum atomic E-state index is -0.125. The van der Waals surface area contributed by atoms with Crippen molar-refractivity contribution in [3.63, 3.8) is 0 Å². The number of carbonyl (C=O) groups excluding carboxylic acids is 1. The van der Waals surface area contributed by atoms with Crippen molar-refractivity contribution in [1.82, 2.24) is 16.0 Å². The molecule has 0 aliphatic carbocycles. The Balaban J connectivity index is 0.00000484. The highest BCUT2D eigenvalue weighted by molar-refractivity contribution is 14.0. The number of nitrogens with one attached hydrogen (secondary N) is 3. The molecule has 0 fully saturated rings. The van der Waals surface area contributed by atoms with E-state index in [9.17, 15) is 4.79 Å². The van der Waals surface area contributed by atoms with E-state index in [4.69, 9.17) is 4.42 Å². The number of furan rings is 1. The average Bonchev–Trinajstić information content (AvgIpc) is 3.03. The van der Waals surface area contributed by atoms with Crippen LogP contribution in [0.3, 0.4) is 0 Å². The molecule has 0 radical (unpaired) electrons. The van der Waals surface area contributed by atoms with Crippen LogP contribution in [0, 0.1) is 0 Å². The van der Waals surface area contributed by atoms with E-state index in [0.29, 0.717) is 12.5 Å². The highest BCUT2D eigenvalue weighted by Crippen LogP contribution is 1.98. The first-order valence-electron chi connectivity index (χ1n) is 8.07. The lowest BCUT2D eigenvalue weighted by atomic mass is 10.2. The highest BCUT2D eigenvalue weighted by atomic mass is 127. The molecule has 0 saturated carbocycles. The average molecular weight is 436 g/mol. The molecular weight excluding hydrogens is 407 g/mol. The molecule has 23 heavy (non-hydrogen) atoms. The van der Waals surface area contributed by atoms with Crippen LogP contribution in [0.2, 0.25) is 0 Å². The Hall–Kier alpha value is -1.25. The third-order valence-corrected chi connectivity index (χ3v) is 3.09. The number of carbonyl (C=O) groups is 1. The van der Waals surface area contributed by atoms with Crippen molar-refractivity contribution in [3.8, 4) is 0 Å². The summed E-state index contributed by atoms with van der Waals surface area (Å²) >= 11 is 0. The van der Waals surface area contributed by atoms with Gasteiger partial charge in [-0.15, -0.1) is 24.0 Å². The largest absolute Gasteiger partial charge is 0.467 e. The number of amides is 1. The second-order valence-corrected chi connectivity index (χ2v) is 5.04. The van der Waals surface area contributed by atoms with Gasteiger partial charge in [0, 0.05) is 13.1 Å². The molecule has 0 saturated heterocycles. The van der Waals surface area contributed by atoms with Gasteiger partial charge >= 0.3 is 0 Å². The third kappa shape index (κ3) is 11.0.